The van der Waals surface area contributed by atoms with E-state index in [0.717, 1.165) is 0 Å². The minimum absolute atomic E-state index is 0.0204. The standard InChI is InChI=1S/C35H46ClN5O9S/c1-9-19-16-35(19,31(44)40-51(46,47)21-13-14-21)39-28(42)24-15-20(49-29-22-11-10-12-23(36)26(22)25(48-8)17-37-29)18-41(24)30(43)27(33(2,3)4)38-32(45)50-34(5,6)7/h9-12,17,19-21,24,27H,1,13-16,18H2,2-8H3,(H,38,45)(H,39,42)(H,40,44)/t19-,20-,24+,27-,35-/m1/s1. The number of likely N-dealkylation sites (tertiary alicyclic amines) is 1. The molecule has 4 amide bonds. The van der Waals surface area contributed by atoms with Gasteiger partial charge in [0, 0.05) is 23.1 Å². The average Bonchev–Trinajstić information content (AvgIpc) is 3.95. The number of carbonyl (C=O) groups is 4. The van der Waals surface area contributed by atoms with E-state index in [4.69, 9.17) is 25.8 Å². The van der Waals surface area contributed by atoms with Crippen LogP contribution in [0, 0.1) is 11.3 Å². The molecule has 2 aromatic rings. The molecule has 2 heterocycles. The molecule has 1 saturated heterocycles. The van der Waals surface area contributed by atoms with E-state index in [0.29, 0.717) is 34.4 Å². The van der Waals surface area contributed by atoms with Crippen LogP contribution in [0.15, 0.2) is 37.1 Å². The highest BCUT2D eigenvalue weighted by Crippen LogP contribution is 2.46. The molecule has 14 nitrogen and oxygen atoms in total. The fourth-order valence-corrected chi connectivity index (χ4v) is 7.88. The van der Waals surface area contributed by atoms with E-state index in [-0.39, 0.29) is 25.3 Å². The quantitative estimate of drug-likeness (QED) is 0.286. The van der Waals surface area contributed by atoms with Crippen LogP contribution in [0.5, 0.6) is 11.6 Å². The van der Waals surface area contributed by atoms with Crippen molar-refractivity contribution in [2.24, 2.45) is 11.3 Å². The number of benzene rings is 1. The lowest BCUT2D eigenvalue weighted by atomic mass is 9.85. The number of nitrogens with zero attached hydrogens (tertiary/aromatic N) is 2. The van der Waals surface area contributed by atoms with E-state index < -0.39 is 79.7 Å². The van der Waals surface area contributed by atoms with Gasteiger partial charge in [-0.2, -0.15) is 0 Å². The Morgan fingerprint density at radius 1 is 1.14 bits per heavy atom. The molecule has 0 radical (unpaired) electrons. The minimum Gasteiger partial charge on any atom is -0.494 e. The van der Waals surface area contributed by atoms with Gasteiger partial charge in [-0.25, -0.2) is 18.2 Å². The number of aromatic nitrogens is 1. The second-order valence-corrected chi connectivity index (χ2v) is 17.8. The first-order chi connectivity index (χ1) is 23.7. The molecule has 1 aromatic carbocycles. The molecule has 51 heavy (non-hydrogen) atoms. The largest absolute Gasteiger partial charge is 0.494 e. The van der Waals surface area contributed by atoms with Gasteiger partial charge in [0.25, 0.3) is 5.91 Å². The summed E-state index contributed by atoms with van der Waals surface area (Å²) < 4.78 is 44.7. The van der Waals surface area contributed by atoms with Crippen LogP contribution in [0.25, 0.3) is 10.8 Å². The van der Waals surface area contributed by atoms with Crippen LogP contribution >= 0.6 is 11.6 Å². The average molecular weight is 748 g/mol. The van der Waals surface area contributed by atoms with E-state index in [1.54, 1.807) is 59.7 Å². The Morgan fingerprint density at radius 2 is 1.82 bits per heavy atom. The van der Waals surface area contributed by atoms with Crippen molar-refractivity contribution in [3.8, 4) is 11.6 Å². The first-order valence-electron chi connectivity index (χ1n) is 16.8. The van der Waals surface area contributed by atoms with Crippen LogP contribution in [0.3, 0.4) is 0 Å². The summed E-state index contributed by atoms with van der Waals surface area (Å²) in [5.41, 5.74) is -3.24. The number of rotatable bonds is 11. The summed E-state index contributed by atoms with van der Waals surface area (Å²) in [6.07, 6.45) is 2.37. The molecule has 16 heteroatoms. The molecular weight excluding hydrogens is 702 g/mol. The molecule has 5 rings (SSSR count). The highest BCUT2D eigenvalue weighted by molar-refractivity contribution is 7.91. The number of methoxy groups -OCH3 is 1. The Labute approximate surface area is 303 Å². The molecule has 0 bridgehead atoms. The minimum atomic E-state index is -3.91. The Morgan fingerprint density at radius 3 is 2.39 bits per heavy atom. The maximum Gasteiger partial charge on any atom is 0.408 e. The van der Waals surface area contributed by atoms with Gasteiger partial charge < -0.3 is 29.7 Å². The summed E-state index contributed by atoms with van der Waals surface area (Å²) >= 11 is 6.50. The van der Waals surface area contributed by atoms with Crippen LogP contribution in [-0.2, 0) is 29.1 Å². The second-order valence-electron chi connectivity index (χ2n) is 15.4. The molecule has 2 saturated carbocycles. The van der Waals surface area contributed by atoms with Crippen LogP contribution in [0.4, 0.5) is 4.79 Å². The van der Waals surface area contributed by atoms with Crippen molar-refractivity contribution in [1.29, 1.82) is 0 Å². The second kappa shape index (κ2) is 13.8. The molecule has 5 atom stereocenters. The Balaban J connectivity index is 1.46. The maximum atomic E-state index is 14.4. The normalized spacial score (nSPS) is 23.9. The lowest BCUT2D eigenvalue weighted by Gasteiger charge is -2.36. The fraction of sp³-hybridized carbons (Fsp3) is 0.571. The zero-order valence-corrected chi connectivity index (χ0v) is 31.4. The van der Waals surface area contributed by atoms with Crippen molar-refractivity contribution in [2.75, 3.05) is 13.7 Å². The van der Waals surface area contributed by atoms with Gasteiger partial charge in [0.15, 0.2) is 0 Å². The Bertz CT molecular complexity index is 1850. The molecule has 3 aliphatic rings. The SMILES string of the molecule is C=C[C@@H]1C[C@]1(NC(=O)[C@@H]1C[C@@H](Oc2ncc(OC)c3c(Cl)cccc23)CN1C(=O)[C@@H](NC(=O)OC(C)(C)C)C(C)(C)C)C(=O)NS(=O)(=O)C1CC1. The van der Waals surface area contributed by atoms with Gasteiger partial charge in [-0.05, 0) is 57.6 Å². The summed E-state index contributed by atoms with van der Waals surface area (Å²) in [5.74, 6) is -2.05. The maximum absolute atomic E-state index is 14.4. The molecule has 0 spiro atoms. The lowest BCUT2D eigenvalue weighted by molar-refractivity contribution is -0.143. The third kappa shape index (κ3) is 8.19. The van der Waals surface area contributed by atoms with Crippen molar-refractivity contribution in [1.82, 2.24) is 25.2 Å². The predicted molar refractivity (Wildman–Crippen MR) is 190 cm³/mol. The highest BCUT2D eigenvalue weighted by atomic mass is 35.5. The van der Waals surface area contributed by atoms with Crippen molar-refractivity contribution < 1.29 is 41.8 Å². The molecule has 2 aliphatic carbocycles. The summed E-state index contributed by atoms with van der Waals surface area (Å²) in [7, 11) is -2.42. The number of carbonyl (C=O) groups excluding carboxylic acids is 4. The smallest absolute Gasteiger partial charge is 0.408 e. The van der Waals surface area contributed by atoms with Gasteiger partial charge in [0.2, 0.25) is 27.7 Å². The van der Waals surface area contributed by atoms with Gasteiger partial charge in [0.1, 0.15) is 35.1 Å². The van der Waals surface area contributed by atoms with Crippen LogP contribution in [-0.4, -0.2) is 90.3 Å². The van der Waals surface area contributed by atoms with Gasteiger partial charge in [-0.15, -0.1) is 6.58 Å². The summed E-state index contributed by atoms with van der Waals surface area (Å²) in [4.78, 5) is 60.8. The number of pyridine rings is 1. The first kappa shape index (κ1) is 38.1. The zero-order valence-electron chi connectivity index (χ0n) is 29.9. The van der Waals surface area contributed by atoms with Gasteiger partial charge in [0.05, 0.1) is 30.1 Å². The number of fused-ring (bicyclic) bond motifs is 1. The molecule has 278 valence electrons. The highest BCUT2D eigenvalue weighted by Gasteiger charge is 2.62. The van der Waals surface area contributed by atoms with Gasteiger partial charge in [-0.3, -0.25) is 19.1 Å². The zero-order chi connectivity index (χ0) is 37.7. The van der Waals surface area contributed by atoms with Crippen molar-refractivity contribution in [3.05, 3.63) is 42.1 Å². The number of amides is 4. The Kier molecular flexibility index (Phi) is 10.3. The third-order valence-electron chi connectivity index (χ3n) is 9.16. The van der Waals surface area contributed by atoms with E-state index >= 15 is 0 Å². The first-order valence-corrected chi connectivity index (χ1v) is 18.7. The van der Waals surface area contributed by atoms with Crippen molar-refractivity contribution >= 4 is 56.2 Å². The van der Waals surface area contributed by atoms with Gasteiger partial charge in [-0.1, -0.05) is 44.5 Å². The molecule has 3 fully saturated rings. The molecule has 1 aliphatic heterocycles. The number of nitrogens with one attached hydrogen (secondary N) is 3. The number of alkyl carbamates (subject to hydrolysis) is 1. The number of halogens is 1. The summed E-state index contributed by atoms with van der Waals surface area (Å²) in [5, 5.41) is 6.32. The third-order valence-corrected chi connectivity index (χ3v) is 11.3. The van der Waals surface area contributed by atoms with Crippen LogP contribution in [0.1, 0.15) is 67.2 Å². The molecule has 3 N–H and O–H groups in total. The van der Waals surface area contributed by atoms with Crippen molar-refractivity contribution in [3.63, 3.8) is 0 Å². The predicted octanol–water partition coefficient (Wildman–Crippen LogP) is 3.85. The number of sulfonamides is 1. The number of ether oxygens (including phenoxy) is 3. The van der Waals surface area contributed by atoms with Crippen LogP contribution in [0.2, 0.25) is 5.02 Å². The lowest BCUT2D eigenvalue weighted by Crippen LogP contribution is -2.60. The number of hydrogen-bond donors (Lipinski definition) is 3. The van der Waals surface area contributed by atoms with E-state index in [1.165, 1.54) is 24.3 Å². The fourth-order valence-electron chi connectivity index (χ4n) is 6.24. The topological polar surface area (TPSA) is 182 Å². The van der Waals surface area contributed by atoms with Crippen molar-refractivity contribution in [2.45, 2.75) is 102 Å². The van der Waals surface area contributed by atoms with E-state index in [1.807, 2.05) is 0 Å². The van der Waals surface area contributed by atoms with Gasteiger partial charge >= 0.3 is 6.09 Å². The molecule has 0 unspecified atom stereocenters. The summed E-state index contributed by atoms with van der Waals surface area (Å²) in [6.45, 7) is 14.1. The van der Waals surface area contributed by atoms with E-state index in [2.05, 4.69) is 26.9 Å². The molecule has 1 aromatic heterocycles. The molecular formula is C35H46ClN5O9S. The number of hydrogen-bond acceptors (Lipinski definition) is 10. The van der Waals surface area contributed by atoms with Crippen LogP contribution < -0.4 is 24.8 Å². The van der Waals surface area contributed by atoms with E-state index in [9.17, 15) is 27.6 Å². The monoisotopic (exact) mass is 747 g/mol. The Hall–Kier alpha value is -4.11. The summed E-state index contributed by atoms with van der Waals surface area (Å²) in [6, 6.07) is 2.87.